The number of halogens is 2. The molecule has 18 heavy (non-hydrogen) atoms. The van der Waals surface area contributed by atoms with Gasteiger partial charge in [0.2, 0.25) is 0 Å². The predicted octanol–water partition coefficient (Wildman–Crippen LogP) is 2.91. The topological polar surface area (TPSA) is 46.2 Å². The van der Waals surface area contributed by atoms with Crippen molar-refractivity contribution in [3.8, 4) is 0 Å². The number of benzene rings is 1. The van der Waals surface area contributed by atoms with Crippen molar-refractivity contribution in [1.29, 1.82) is 0 Å². The van der Waals surface area contributed by atoms with Gasteiger partial charge in [-0.3, -0.25) is 0 Å². The maximum atomic E-state index is 13.1. The molecule has 0 saturated heterocycles. The van der Waals surface area contributed by atoms with Crippen LogP contribution in [0.2, 0.25) is 0 Å². The first kappa shape index (κ1) is 13.4. The largest absolute Gasteiger partial charge is 0.391 e. The van der Waals surface area contributed by atoms with Crippen molar-refractivity contribution >= 4 is 0 Å². The lowest BCUT2D eigenvalue weighted by atomic mass is 9.81. The average Bonchev–Trinajstić information content (AvgIpc) is 2.37. The van der Waals surface area contributed by atoms with Crippen molar-refractivity contribution in [1.82, 2.24) is 0 Å². The summed E-state index contributed by atoms with van der Waals surface area (Å²) in [6, 6.07) is 2.47. The van der Waals surface area contributed by atoms with E-state index in [1.807, 2.05) is 0 Å². The first-order valence-electron chi connectivity index (χ1n) is 6.47. The zero-order chi connectivity index (χ0) is 13.1. The summed E-state index contributed by atoms with van der Waals surface area (Å²) in [6.07, 6.45) is 4.51. The van der Waals surface area contributed by atoms with Crippen LogP contribution in [0.25, 0.3) is 0 Å². The standard InChI is InChI=1S/C14H19F2NO/c15-11-6-10(7-12(16)8-11)13(17)14(18)9-4-2-1-3-5-9/h6-9,13-14,18H,1-5,17H2/t13-,14+/m0/s1. The van der Waals surface area contributed by atoms with Gasteiger partial charge in [-0.2, -0.15) is 0 Å². The number of hydrogen-bond donors (Lipinski definition) is 2. The first-order chi connectivity index (χ1) is 8.58. The summed E-state index contributed by atoms with van der Waals surface area (Å²) < 4.78 is 26.2. The molecule has 1 aliphatic rings. The summed E-state index contributed by atoms with van der Waals surface area (Å²) >= 11 is 0. The number of hydrogen-bond acceptors (Lipinski definition) is 2. The van der Waals surface area contributed by atoms with Gasteiger partial charge in [-0.15, -0.1) is 0 Å². The number of aliphatic hydroxyl groups is 1. The zero-order valence-electron chi connectivity index (χ0n) is 10.3. The molecule has 2 atom stereocenters. The lowest BCUT2D eigenvalue weighted by Gasteiger charge is -2.30. The summed E-state index contributed by atoms with van der Waals surface area (Å²) in [5.41, 5.74) is 6.25. The van der Waals surface area contributed by atoms with Crippen molar-refractivity contribution in [2.75, 3.05) is 0 Å². The number of nitrogens with two attached hydrogens (primary N) is 1. The van der Waals surface area contributed by atoms with Crippen LogP contribution in [-0.2, 0) is 0 Å². The van der Waals surface area contributed by atoms with Gasteiger partial charge >= 0.3 is 0 Å². The highest BCUT2D eigenvalue weighted by Crippen LogP contribution is 2.31. The molecule has 0 heterocycles. The van der Waals surface area contributed by atoms with E-state index in [0.29, 0.717) is 5.56 Å². The number of rotatable bonds is 3. The van der Waals surface area contributed by atoms with Gasteiger partial charge in [0, 0.05) is 6.07 Å². The fraction of sp³-hybridized carbons (Fsp3) is 0.571. The lowest BCUT2D eigenvalue weighted by molar-refractivity contribution is 0.0616. The summed E-state index contributed by atoms with van der Waals surface area (Å²) in [4.78, 5) is 0. The molecule has 0 spiro atoms. The van der Waals surface area contributed by atoms with Gasteiger partial charge < -0.3 is 10.8 Å². The Morgan fingerprint density at radius 3 is 2.17 bits per heavy atom. The predicted molar refractivity (Wildman–Crippen MR) is 65.9 cm³/mol. The first-order valence-corrected chi connectivity index (χ1v) is 6.47. The van der Waals surface area contributed by atoms with Gasteiger partial charge in [0.1, 0.15) is 11.6 Å². The van der Waals surface area contributed by atoms with Crippen LogP contribution in [0.15, 0.2) is 18.2 Å². The van der Waals surface area contributed by atoms with E-state index in [9.17, 15) is 13.9 Å². The third-order valence-electron chi connectivity index (χ3n) is 3.77. The fourth-order valence-corrected chi connectivity index (χ4v) is 2.73. The van der Waals surface area contributed by atoms with Gasteiger partial charge in [-0.25, -0.2) is 8.78 Å². The second kappa shape index (κ2) is 5.76. The van der Waals surface area contributed by atoms with Crippen LogP contribution in [0.1, 0.15) is 43.7 Å². The van der Waals surface area contributed by atoms with Gasteiger partial charge in [0.25, 0.3) is 0 Å². The van der Waals surface area contributed by atoms with Crippen molar-refractivity contribution in [2.45, 2.75) is 44.2 Å². The zero-order valence-corrected chi connectivity index (χ0v) is 10.3. The van der Waals surface area contributed by atoms with E-state index in [0.717, 1.165) is 31.7 Å². The maximum Gasteiger partial charge on any atom is 0.126 e. The molecule has 1 aliphatic carbocycles. The molecule has 1 fully saturated rings. The second-order valence-electron chi connectivity index (χ2n) is 5.12. The Hall–Kier alpha value is -1.00. The van der Waals surface area contributed by atoms with Gasteiger partial charge in [0.05, 0.1) is 12.1 Å². The molecule has 1 aromatic rings. The van der Waals surface area contributed by atoms with Crippen molar-refractivity contribution in [3.05, 3.63) is 35.4 Å². The SMILES string of the molecule is N[C@@H](c1cc(F)cc(F)c1)[C@H](O)C1CCCCC1. The minimum Gasteiger partial charge on any atom is -0.391 e. The molecule has 100 valence electrons. The highest BCUT2D eigenvalue weighted by Gasteiger charge is 2.28. The molecule has 0 unspecified atom stereocenters. The van der Waals surface area contributed by atoms with Crippen molar-refractivity contribution in [3.63, 3.8) is 0 Å². The third-order valence-corrected chi connectivity index (χ3v) is 3.77. The lowest BCUT2D eigenvalue weighted by Crippen LogP contribution is -2.34. The minimum atomic E-state index is -0.730. The molecular weight excluding hydrogens is 236 g/mol. The summed E-state index contributed by atoms with van der Waals surface area (Å²) in [5.74, 6) is -1.17. The number of aliphatic hydroxyl groups excluding tert-OH is 1. The molecule has 0 amide bonds. The Balaban J connectivity index is 2.11. The van der Waals surface area contributed by atoms with Gasteiger partial charge in [-0.05, 0) is 36.5 Å². The molecule has 2 rings (SSSR count). The molecule has 0 radical (unpaired) electrons. The Labute approximate surface area is 106 Å². The van der Waals surface area contributed by atoms with E-state index in [1.165, 1.54) is 18.6 Å². The van der Waals surface area contributed by atoms with Crippen LogP contribution < -0.4 is 5.73 Å². The minimum absolute atomic E-state index is 0.139. The molecule has 2 nitrogen and oxygen atoms in total. The maximum absolute atomic E-state index is 13.1. The molecule has 1 saturated carbocycles. The monoisotopic (exact) mass is 255 g/mol. The average molecular weight is 255 g/mol. The summed E-state index contributed by atoms with van der Waals surface area (Å²) in [6.45, 7) is 0. The van der Waals surface area contributed by atoms with E-state index in [4.69, 9.17) is 5.73 Å². The molecular formula is C14H19F2NO. The van der Waals surface area contributed by atoms with Crippen LogP contribution in [-0.4, -0.2) is 11.2 Å². The van der Waals surface area contributed by atoms with Crippen LogP contribution >= 0.6 is 0 Å². The van der Waals surface area contributed by atoms with Crippen molar-refractivity contribution in [2.24, 2.45) is 11.7 Å². The molecule has 0 bridgehead atoms. The fourth-order valence-electron chi connectivity index (χ4n) is 2.73. The van der Waals surface area contributed by atoms with Gasteiger partial charge in [-0.1, -0.05) is 19.3 Å². The molecule has 4 heteroatoms. The third kappa shape index (κ3) is 3.06. The van der Waals surface area contributed by atoms with Crippen molar-refractivity contribution < 1.29 is 13.9 Å². The van der Waals surface area contributed by atoms with Crippen LogP contribution in [0.4, 0.5) is 8.78 Å². The normalized spacial score (nSPS) is 20.7. The smallest absolute Gasteiger partial charge is 0.126 e. The van der Waals surface area contributed by atoms with E-state index >= 15 is 0 Å². The Morgan fingerprint density at radius 2 is 1.61 bits per heavy atom. The quantitative estimate of drug-likeness (QED) is 0.872. The van der Waals surface area contributed by atoms with Gasteiger partial charge in [0.15, 0.2) is 0 Å². The van der Waals surface area contributed by atoms with Crippen LogP contribution in [0.3, 0.4) is 0 Å². The molecule has 0 aromatic heterocycles. The van der Waals surface area contributed by atoms with Crippen LogP contribution in [0, 0.1) is 17.6 Å². The van der Waals surface area contributed by atoms with E-state index in [-0.39, 0.29) is 5.92 Å². The summed E-state index contributed by atoms with van der Waals surface area (Å²) in [7, 11) is 0. The van der Waals surface area contributed by atoms with E-state index in [2.05, 4.69) is 0 Å². The Bertz CT molecular complexity index is 385. The molecule has 3 N–H and O–H groups in total. The van der Waals surface area contributed by atoms with E-state index < -0.39 is 23.8 Å². The highest BCUT2D eigenvalue weighted by atomic mass is 19.1. The molecule has 0 aliphatic heterocycles. The molecule has 1 aromatic carbocycles. The van der Waals surface area contributed by atoms with Crippen LogP contribution in [0.5, 0.6) is 0 Å². The Kier molecular flexibility index (Phi) is 4.30. The summed E-state index contributed by atoms with van der Waals surface area (Å²) in [5, 5.41) is 10.2. The highest BCUT2D eigenvalue weighted by molar-refractivity contribution is 5.22. The van der Waals surface area contributed by atoms with E-state index in [1.54, 1.807) is 0 Å². The second-order valence-corrected chi connectivity index (χ2v) is 5.12. The Morgan fingerprint density at radius 1 is 1.06 bits per heavy atom.